The maximum absolute atomic E-state index is 12.5. The Labute approximate surface area is 120 Å². The molecule has 1 aliphatic heterocycles. The second-order valence-electron chi connectivity index (χ2n) is 6.33. The molecule has 0 radical (unpaired) electrons. The van der Waals surface area contributed by atoms with Gasteiger partial charge in [0.1, 0.15) is 5.60 Å². The van der Waals surface area contributed by atoms with Crippen LogP contribution in [0.5, 0.6) is 0 Å². The smallest absolute Gasteiger partial charge is 0.415 e. The van der Waals surface area contributed by atoms with E-state index in [1.165, 1.54) is 0 Å². The number of aliphatic hydroxyl groups excluding tert-OH is 1. The normalized spacial score (nSPS) is 20.2. The molecule has 1 aliphatic rings. The van der Waals surface area contributed by atoms with Crippen LogP contribution in [-0.2, 0) is 11.2 Å². The lowest BCUT2D eigenvalue weighted by Gasteiger charge is -2.39. The Balaban J connectivity index is 2.36. The lowest BCUT2D eigenvalue weighted by Crippen LogP contribution is -2.50. The van der Waals surface area contributed by atoms with Crippen LogP contribution in [0.4, 0.5) is 10.5 Å². The van der Waals surface area contributed by atoms with Crippen LogP contribution < -0.4 is 4.90 Å². The minimum absolute atomic E-state index is 0.236. The van der Waals surface area contributed by atoms with E-state index in [9.17, 15) is 9.90 Å². The third-order valence-corrected chi connectivity index (χ3v) is 3.44. The minimum atomic E-state index is -0.587. The number of para-hydroxylation sites is 1. The number of hydrogen-bond donors (Lipinski definition) is 1. The number of carbonyl (C=O) groups is 1. The zero-order valence-electron chi connectivity index (χ0n) is 12.6. The molecule has 0 saturated heterocycles. The van der Waals surface area contributed by atoms with Gasteiger partial charge < -0.3 is 9.84 Å². The van der Waals surface area contributed by atoms with Gasteiger partial charge in [-0.15, -0.1) is 0 Å². The molecule has 0 aliphatic carbocycles. The van der Waals surface area contributed by atoms with Crippen LogP contribution in [0.25, 0.3) is 0 Å². The number of nitrogens with zero attached hydrogens (tertiary/aromatic N) is 1. The van der Waals surface area contributed by atoms with Gasteiger partial charge in [-0.1, -0.05) is 18.2 Å². The average molecular weight is 277 g/mol. The number of rotatable bonds is 1. The largest absolute Gasteiger partial charge is 0.443 e. The number of amides is 1. The Hall–Kier alpha value is -1.55. The van der Waals surface area contributed by atoms with Gasteiger partial charge >= 0.3 is 6.09 Å². The molecule has 4 heteroatoms. The number of hydrogen-bond acceptors (Lipinski definition) is 3. The highest BCUT2D eigenvalue weighted by atomic mass is 16.6. The Kier molecular flexibility index (Phi) is 4.04. The predicted octanol–water partition coefficient (Wildman–Crippen LogP) is 3.12. The molecular formula is C16H23NO3. The first kappa shape index (κ1) is 14.9. The lowest BCUT2D eigenvalue weighted by molar-refractivity contribution is 0.0510. The molecule has 1 aromatic rings. The Morgan fingerprint density at radius 1 is 1.40 bits per heavy atom. The molecular weight excluding hydrogens is 254 g/mol. The Morgan fingerprint density at radius 2 is 2.05 bits per heavy atom. The fourth-order valence-corrected chi connectivity index (χ4v) is 2.57. The minimum Gasteiger partial charge on any atom is -0.443 e. The van der Waals surface area contributed by atoms with E-state index in [1.807, 2.05) is 45.0 Å². The van der Waals surface area contributed by atoms with Gasteiger partial charge in [0.2, 0.25) is 0 Å². The van der Waals surface area contributed by atoms with Crippen molar-refractivity contribution in [2.75, 3.05) is 4.90 Å². The van der Waals surface area contributed by atoms with Gasteiger partial charge in [-0.2, -0.15) is 0 Å². The molecule has 0 aromatic heterocycles. The van der Waals surface area contributed by atoms with Crippen molar-refractivity contribution in [2.24, 2.45) is 0 Å². The van der Waals surface area contributed by atoms with Crippen molar-refractivity contribution < 1.29 is 14.6 Å². The van der Waals surface area contributed by atoms with Gasteiger partial charge in [0.05, 0.1) is 17.8 Å². The van der Waals surface area contributed by atoms with E-state index in [4.69, 9.17) is 4.74 Å². The lowest BCUT2D eigenvalue weighted by atomic mass is 9.93. The summed E-state index contributed by atoms with van der Waals surface area (Å²) in [6, 6.07) is 7.56. The van der Waals surface area contributed by atoms with Crippen molar-refractivity contribution in [3.8, 4) is 0 Å². The first-order chi connectivity index (χ1) is 9.29. The first-order valence-corrected chi connectivity index (χ1v) is 7.08. The van der Waals surface area contributed by atoms with Crippen LogP contribution in [0.15, 0.2) is 24.3 Å². The molecule has 2 unspecified atom stereocenters. The van der Waals surface area contributed by atoms with Crippen molar-refractivity contribution in [3.05, 3.63) is 29.8 Å². The summed E-state index contributed by atoms with van der Waals surface area (Å²) >= 11 is 0. The summed E-state index contributed by atoms with van der Waals surface area (Å²) in [6.07, 6.45) is 0.630. The maximum Gasteiger partial charge on any atom is 0.415 e. The highest BCUT2D eigenvalue weighted by Crippen LogP contribution is 2.33. The van der Waals surface area contributed by atoms with Gasteiger partial charge in [-0.25, -0.2) is 4.79 Å². The molecule has 20 heavy (non-hydrogen) atoms. The monoisotopic (exact) mass is 277 g/mol. The summed E-state index contributed by atoms with van der Waals surface area (Å²) in [5.41, 5.74) is 1.42. The Morgan fingerprint density at radius 3 is 2.65 bits per heavy atom. The molecule has 0 bridgehead atoms. The quantitative estimate of drug-likeness (QED) is 0.858. The summed E-state index contributed by atoms with van der Waals surface area (Å²) in [4.78, 5) is 14.1. The van der Waals surface area contributed by atoms with E-state index >= 15 is 0 Å². The summed E-state index contributed by atoms with van der Waals surface area (Å²) < 4.78 is 5.49. The van der Waals surface area contributed by atoms with Gasteiger partial charge in [-0.3, -0.25) is 4.90 Å². The van der Waals surface area contributed by atoms with Gasteiger partial charge in [0.15, 0.2) is 0 Å². The average Bonchev–Trinajstić information content (AvgIpc) is 2.35. The number of aryl methyl sites for hydroxylation is 1. The van der Waals surface area contributed by atoms with Gasteiger partial charge in [0, 0.05) is 0 Å². The molecule has 1 N–H and O–H groups in total. The van der Waals surface area contributed by atoms with Crippen molar-refractivity contribution in [1.29, 1.82) is 0 Å². The molecule has 1 amide bonds. The maximum atomic E-state index is 12.5. The highest BCUT2D eigenvalue weighted by molar-refractivity contribution is 5.90. The predicted molar refractivity (Wildman–Crippen MR) is 78.9 cm³/mol. The Bertz CT molecular complexity index is 491. The SMILES string of the molecule is CC(O)C1CCc2ccccc2N1C(=O)OC(C)(C)C. The topological polar surface area (TPSA) is 49.8 Å². The first-order valence-electron chi connectivity index (χ1n) is 7.08. The van der Waals surface area contributed by atoms with Crippen molar-refractivity contribution in [2.45, 2.75) is 58.3 Å². The summed E-state index contributed by atoms with van der Waals surface area (Å²) in [5, 5.41) is 9.97. The van der Waals surface area contributed by atoms with E-state index in [-0.39, 0.29) is 6.04 Å². The van der Waals surface area contributed by atoms with Crippen molar-refractivity contribution in [1.82, 2.24) is 0 Å². The summed E-state index contributed by atoms with van der Waals surface area (Å²) in [6.45, 7) is 7.25. The number of benzene rings is 1. The van der Waals surface area contributed by atoms with Crippen LogP contribution in [0.2, 0.25) is 0 Å². The zero-order valence-corrected chi connectivity index (χ0v) is 12.6. The van der Waals surface area contributed by atoms with Crippen LogP contribution in [0.1, 0.15) is 39.7 Å². The van der Waals surface area contributed by atoms with E-state index in [0.29, 0.717) is 0 Å². The van der Waals surface area contributed by atoms with E-state index in [0.717, 1.165) is 24.1 Å². The van der Waals surface area contributed by atoms with Crippen LogP contribution in [0, 0.1) is 0 Å². The molecule has 1 aromatic carbocycles. The summed E-state index contributed by atoms with van der Waals surface area (Å²) in [7, 11) is 0. The molecule has 110 valence electrons. The van der Waals surface area contributed by atoms with Crippen LogP contribution >= 0.6 is 0 Å². The van der Waals surface area contributed by atoms with Gasteiger partial charge in [0.25, 0.3) is 0 Å². The highest BCUT2D eigenvalue weighted by Gasteiger charge is 2.36. The molecule has 2 rings (SSSR count). The van der Waals surface area contributed by atoms with Crippen molar-refractivity contribution >= 4 is 11.8 Å². The fraction of sp³-hybridized carbons (Fsp3) is 0.562. The molecule has 4 nitrogen and oxygen atoms in total. The second kappa shape index (κ2) is 5.44. The number of fused-ring (bicyclic) bond motifs is 1. The number of carbonyl (C=O) groups excluding carboxylic acids is 1. The van der Waals surface area contributed by atoms with E-state index in [2.05, 4.69) is 0 Å². The second-order valence-corrected chi connectivity index (χ2v) is 6.33. The summed E-state index contributed by atoms with van der Waals surface area (Å²) in [5.74, 6) is 0. The molecule has 0 saturated carbocycles. The molecule has 2 atom stereocenters. The van der Waals surface area contributed by atoms with Crippen LogP contribution in [0.3, 0.4) is 0 Å². The molecule has 0 spiro atoms. The van der Waals surface area contributed by atoms with E-state index in [1.54, 1.807) is 11.8 Å². The number of ether oxygens (including phenoxy) is 1. The van der Waals surface area contributed by atoms with Crippen molar-refractivity contribution in [3.63, 3.8) is 0 Å². The zero-order chi connectivity index (χ0) is 14.9. The van der Waals surface area contributed by atoms with Gasteiger partial charge in [-0.05, 0) is 52.2 Å². The third-order valence-electron chi connectivity index (χ3n) is 3.44. The third kappa shape index (κ3) is 3.12. The standard InChI is InChI=1S/C16H23NO3/c1-11(18)13-10-9-12-7-5-6-8-14(12)17(13)15(19)20-16(2,3)4/h5-8,11,13,18H,9-10H2,1-4H3. The number of anilines is 1. The van der Waals surface area contributed by atoms with E-state index < -0.39 is 17.8 Å². The number of aliphatic hydroxyl groups is 1. The molecule has 0 fully saturated rings. The van der Waals surface area contributed by atoms with Crippen LogP contribution in [-0.4, -0.2) is 28.9 Å². The molecule has 1 heterocycles. The fourth-order valence-electron chi connectivity index (χ4n) is 2.57.